The summed E-state index contributed by atoms with van der Waals surface area (Å²) < 4.78 is 10.1. The van der Waals surface area contributed by atoms with E-state index in [2.05, 4.69) is 5.32 Å². The van der Waals surface area contributed by atoms with Crippen molar-refractivity contribution in [2.45, 2.75) is 30.8 Å². The first kappa shape index (κ1) is 21.5. The van der Waals surface area contributed by atoms with Crippen molar-refractivity contribution in [3.05, 3.63) is 40.2 Å². The number of aldehydes is 1. The van der Waals surface area contributed by atoms with Gasteiger partial charge in [0.2, 0.25) is 5.91 Å². The molecule has 152 valence electrons. The van der Waals surface area contributed by atoms with E-state index in [1.165, 1.54) is 13.2 Å². The van der Waals surface area contributed by atoms with Gasteiger partial charge in [0.25, 0.3) is 0 Å². The first-order chi connectivity index (χ1) is 13.3. The van der Waals surface area contributed by atoms with Gasteiger partial charge in [0.1, 0.15) is 42.0 Å². The molecule has 1 aromatic heterocycles. The fourth-order valence-corrected chi connectivity index (χ4v) is 2.64. The van der Waals surface area contributed by atoms with E-state index < -0.39 is 42.5 Å². The van der Waals surface area contributed by atoms with Gasteiger partial charge in [0.15, 0.2) is 0 Å². The zero-order valence-corrected chi connectivity index (χ0v) is 14.9. The monoisotopic (exact) mass is 395 g/mol. The molecule has 10 heteroatoms. The lowest BCUT2D eigenvalue weighted by Crippen LogP contribution is -2.53. The van der Waals surface area contributed by atoms with Crippen LogP contribution < -0.4 is 15.7 Å². The summed E-state index contributed by atoms with van der Waals surface area (Å²) in [6, 6.07) is 4.31. The largest absolute Gasteiger partial charge is 0.497 e. The number of carbonyl (C=O) groups excluding carboxylic acids is 2. The normalized spacial score (nSPS) is 15.5. The Morgan fingerprint density at radius 3 is 2.57 bits per heavy atom. The molecule has 0 fully saturated rings. The topological polar surface area (TPSA) is 167 Å². The van der Waals surface area contributed by atoms with Crippen molar-refractivity contribution in [2.24, 2.45) is 0 Å². The van der Waals surface area contributed by atoms with Gasteiger partial charge in [-0.2, -0.15) is 0 Å². The van der Waals surface area contributed by atoms with Crippen LogP contribution in [-0.4, -0.2) is 70.7 Å². The third kappa shape index (κ3) is 4.93. The van der Waals surface area contributed by atoms with Crippen LogP contribution in [0.5, 0.6) is 5.75 Å². The highest BCUT2D eigenvalue weighted by Crippen LogP contribution is 2.22. The molecule has 0 saturated heterocycles. The first-order valence-electron chi connectivity index (χ1n) is 8.31. The summed E-state index contributed by atoms with van der Waals surface area (Å²) in [5.74, 6) is -0.262. The summed E-state index contributed by atoms with van der Waals surface area (Å²) in [5.41, 5.74) is -0.151. The van der Waals surface area contributed by atoms with E-state index in [1.54, 1.807) is 12.1 Å². The number of aliphatic hydroxyl groups is 4. The highest BCUT2D eigenvalue weighted by molar-refractivity contribution is 5.88. The molecule has 0 aliphatic carbocycles. The number of fused-ring (bicyclic) bond motifs is 1. The van der Waals surface area contributed by atoms with Gasteiger partial charge >= 0.3 is 5.63 Å². The number of ether oxygens (including phenoxy) is 1. The number of aliphatic hydroxyl groups excluding tert-OH is 4. The number of carbonyl (C=O) groups is 2. The van der Waals surface area contributed by atoms with E-state index >= 15 is 0 Å². The van der Waals surface area contributed by atoms with Gasteiger partial charge in [0, 0.05) is 17.5 Å². The molecule has 2 aromatic rings. The molecule has 0 bridgehead atoms. The second kappa shape index (κ2) is 9.42. The number of hydrogen-bond donors (Lipinski definition) is 5. The van der Waals surface area contributed by atoms with Crippen LogP contribution in [0.3, 0.4) is 0 Å². The summed E-state index contributed by atoms with van der Waals surface area (Å²) in [7, 11) is 1.45. The molecular weight excluding hydrogens is 374 g/mol. The van der Waals surface area contributed by atoms with Crippen molar-refractivity contribution in [3.63, 3.8) is 0 Å². The zero-order valence-electron chi connectivity index (χ0n) is 14.9. The number of rotatable bonds is 9. The number of nitrogens with one attached hydrogen (secondary N) is 1. The lowest BCUT2D eigenvalue weighted by Gasteiger charge is -2.26. The Kier molecular flexibility index (Phi) is 7.24. The van der Waals surface area contributed by atoms with Crippen LogP contribution in [0.2, 0.25) is 0 Å². The summed E-state index contributed by atoms with van der Waals surface area (Å²) in [6.45, 7) is -0.840. The smallest absolute Gasteiger partial charge is 0.336 e. The van der Waals surface area contributed by atoms with Gasteiger partial charge in [-0.15, -0.1) is 0 Å². The Morgan fingerprint density at radius 1 is 1.25 bits per heavy atom. The van der Waals surface area contributed by atoms with Gasteiger partial charge in [0.05, 0.1) is 20.1 Å². The van der Waals surface area contributed by atoms with Crippen molar-refractivity contribution in [1.82, 2.24) is 5.32 Å². The number of benzene rings is 1. The number of amides is 1. The first-order valence-corrected chi connectivity index (χ1v) is 8.31. The van der Waals surface area contributed by atoms with Crippen LogP contribution in [0, 0.1) is 0 Å². The predicted molar refractivity (Wildman–Crippen MR) is 95.8 cm³/mol. The van der Waals surface area contributed by atoms with E-state index in [1.807, 2.05) is 0 Å². The minimum absolute atomic E-state index is 0.193. The lowest BCUT2D eigenvalue weighted by molar-refractivity contribution is -0.130. The molecule has 0 unspecified atom stereocenters. The minimum Gasteiger partial charge on any atom is -0.497 e. The highest BCUT2D eigenvalue weighted by atomic mass is 16.5. The predicted octanol–water partition coefficient (Wildman–Crippen LogP) is -1.90. The Labute approximate surface area is 159 Å². The molecule has 0 saturated carbocycles. The molecule has 4 atom stereocenters. The van der Waals surface area contributed by atoms with E-state index in [-0.39, 0.29) is 18.3 Å². The van der Waals surface area contributed by atoms with Crippen LogP contribution in [-0.2, 0) is 16.0 Å². The van der Waals surface area contributed by atoms with Gasteiger partial charge in [-0.1, -0.05) is 0 Å². The Morgan fingerprint density at radius 2 is 1.96 bits per heavy atom. The van der Waals surface area contributed by atoms with Crippen LogP contribution in [0.1, 0.15) is 5.56 Å². The second-order valence-electron chi connectivity index (χ2n) is 6.09. The third-order valence-corrected chi connectivity index (χ3v) is 4.16. The van der Waals surface area contributed by atoms with Gasteiger partial charge in [-0.25, -0.2) is 4.79 Å². The molecule has 1 amide bonds. The molecule has 2 rings (SSSR count). The van der Waals surface area contributed by atoms with E-state index in [0.29, 0.717) is 16.7 Å². The molecule has 0 aliphatic heterocycles. The molecule has 0 spiro atoms. The van der Waals surface area contributed by atoms with Gasteiger partial charge in [-0.3, -0.25) is 4.79 Å². The molecule has 10 nitrogen and oxygen atoms in total. The van der Waals surface area contributed by atoms with Crippen LogP contribution in [0.25, 0.3) is 11.0 Å². The molecule has 5 N–H and O–H groups in total. The average molecular weight is 395 g/mol. The average Bonchev–Trinajstić information content (AvgIpc) is 2.69. The number of methoxy groups -OCH3 is 1. The maximum atomic E-state index is 12.3. The van der Waals surface area contributed by atoms with Crippen LogP contribution in [0.15, 0.2) is 33.5 Å². The highest BCUT2D eigenvalue weighted by Gasteiger charge is 2.32. The van der Waals surface area contributed by atoms with Gasteiger partial charge in [-0.05, 0) is 17.7 Å². The summed E-state index contributed by atoms with van der Waals surface area (Å²) in [5, 5.41) is 40.5. The quantitative estimate of drug-likeness (QED) is 0.241. The zero-order chi connectivity index (χ0) is 20.8. The van der Waals surface area contributed by atoms with E-state index in [0.717, 1.165) is 6.07 Å². The number of hydrogen-bond acceptors (Lipinski definition) is 9. The summed E-state index contributed by atoms with van der Waals surface area (Å²) in [6.07, 6.45) is -5.50. The standard InChI is InChI=1S/C18H21NO9/c1-27-10-2-3-11-9(5-16(24)28-14(11)6-10)4-15(23)19-12(7-20)17(25)18(26)13(22)8-21/h2-3,5-7,12-13,17-18,21-22,25-26H,4,8H2,1H3,(H,19,23)/t12-,13+,17+,18+/m0/s1. The molecule has 0 radical (unpaired) electrons. The molecule has 0 aliphatic rings. The van der Waals surface area contributed by atoms with Crippen LogP contribution in [0.4, 0.5) is 0 Å². The third-order valence-electron chi connectivity index (χ3n) is 4.16. The molecular formula is C18H21NO9. The summed E-state index contributed by atoms with van der Waals surface area (Å²) >= 11 is 0. The Balaban J connectivity index is 2.20. The summed E-state index contributed by atoms with van der Waals surface area (Å²) in [4.78, 5) is 35.2. The Bertz CT molecular complexity index is 894. The van der Waals surface area contributed by atoms with Crippen LogP contribution >= 0.6 is 0 Å². The molecule has 1 aromatic carbocycles. The van der Waals surface area contributed by atoms with E-state index in [4.69, 9.17) is 14.3 Å². The fourth-order valence-electron chi connectivity index (χ4n) is 2.64. The van der Waals surface area contributed by atoms with E-state index in [9.17, 15) is 29.7 Å². The second-order valence-corrected chi connectivity index (χ2v) is 6.09. The van der Waals surface area contributed by atoms with Crippen molar-refractivity contribution >= 4 is 23.2 Å². The van der Waals surface area contributed by atoms with Gasteiger partial charge < -0.3 is 39.7 Å². The maximum absolute atomic E-state index is 12.3. The van der Waals surface area contributed by atoms with Crippen molar-refractivity contribution < 1.29 is 39.2 Å². The Hall–Kier alpha value is -2.79. The van der Waals surface area contributed by atoms with Crippen molar-refractivity contribution in [3.8, 4) is 5.75 Å². The fraction of sp³-hybridized carbons (Fsp3) is 0.389. The SMILES string of the molecule is COc1ccc2c(CC(=O)N[C@@H](C=O)[C@@H](O)[C@H](O)[C@H](O)CO)cc(=O)oc2c1. The molecule has 1 heterocycles. The van der Waals surface area contributed by atoms with Crippen molar-refractivity contribution in [1.29, 1.82) is 0 Å². The minimum atomic E-state index is -1.85. The maximum Gasteiger partial charge on any atom is 0.336 e. The van der Waals surface area contributed by atoms with Crippen molar-refractivity contribution in [2.75, 3.05) is 13.7 Å². The lowest BCUT2D eigenvalue weighted by atomic mass is 10.0. The molecule has 28 heavy (non-hydrogen) atoms.